The van der Waals surface area contributed by atoms with Crippen molar-refractivity contribution in [2.45, 2.75) is 12.5 Å². The van der Waals surface area contributed by atoms with Gasteiger partial charge in [0.2, 0.25) is 0 Å². The van der Waals surface area contributed by atoms with E-state index < -0.39 is 5.60 Å². The van der Waals surface area contributed by atoms with Crippen LogP contribution in [0, 0.1) is 12.3 Å². The first-order valence-corrected chi connectivity index (χ1v) is 6.55. The lowest BCUT2D eigenvalue weighted by atomic mass is 9.97. The van der Waals surface area contributed by atoms with Crippen molar-refractivity contribution in [3.63, 3.8) is 0 Å². The quantitative estimate of drug-likeness (QED) is 0.864. The molecule has 2 aromatic rings. The highest BCUT2D eigenvalue weighted by atomic mass is 79.9. The predicted molar refractivity (Wildman–Crippen MR) is 79.1 cm³/mol. The minimum Gasteiger partial charge on any atom is -0.457 e. The van der Waals surface area contributed by atoms with Crippen LogP contribution in [0.1, 0.15) is 12.5 Å². The van der Waals surface area contributed by atoms with Crippen LogP contribution in [0.5, 0.6) is 11.5 Å². The van der Waals surface area contributed by atoms with Crippen molar-refractivity contribution in [2.24, 2.45) is 0 Å². The van der Waals surface area contributed by atoms with Crippen molar-refractivity contribution in [3.8, 4) is 23.8 Å². The molecule has 0 saturated carbocycles. The lowest BCUT2D eigenvalue weighted by molar-refractivity contribution is 0.122. The Morgan fingerprint density at radius 3 is 2.00 bits per heavy atom. The molecule has 0 spiro atoms. The van der Waals surface area contributed by atoms with E-state index in [9.17, 15) is 5.11 Å². The van der Waals surface area contributed by atoms with Gasteiger partial charge in [-0.15, -0.1) is 6.42 Å². The molecule has 96 valence electrons. The van der Waals surface area contributed by atoms with Crippen molar-refractivity contribution in [1.29, 1.82) is 0 Å². The van der Waals surface area contributed by atoms with E-state index in [1.54, 1.807) is 31.2 Å². The van der Waals surface area contributed by atoms with Crippen LogP contribution in [0.15, 0.2) is 53.0 Å². The molecule has 0 aliphatic heterocycles. The number of hydrogen-bond acceptors (Lipinski definition) is 2. The number of benzene rings is 2. The molecule has 2 nitrogen and oxygen atoms in total. The first-order valence-electron chi connectivity index (χ1n) is 5.75. The van der Waals surface area contributed by atoms with Crippen molar-refractivity contribution in [1.82, 2.24) is 0 Å². The molecule has 19 heavy (non-hydrogen) atoms. The van der Waals surface area contributed by atoms with Gasteiger partial charge in [0.1, 0.15) is 17.1 Å². The summed E-state index contributed by atoms with van der Waals surface area (Å²) in [5.41, 5.74) is -0.589. The molecule has 0 aromatic heterocycles. The third-order valence-electron chi connectivity index (χ3n) is 2.75. The molecule has 1 N–H and O–H groups in total. The molecule has 3 heteroatoms. The first kappa shape index (κ1) is 13.7. The molecule has 0 fully saturated rings. The van der Waals surface area contributed by atoms with Gasteiger partial charge in [-0.1, -0.05) is 34.0 Å². The van der Waals surface area contributed by atoms with E-state index in [-0.39, 0.29) is 0 Å². The lowest BCUT2D eigenvalue weighted by Crippen LogP contribution is -2.17. The molecule has 0 heterocycles. The fourth-order valence-corrected chi connectivity index (χ4v) is 1.83. The Bertz CT molecular complexity index is 592. The number of hydrogen-bond donors (Lipinski definition) is 1. The number of terminal acetylenes is 1. The van der Waals surface area contributed by atoms with Crippen LogP contribution in [-0.2, 0) is 5.60 Å². The highest BCUT2D eigenvalue weighted by Gasteiger charge is 2.19. The molecular formula is C16H13BrO2. The van der Waals surface area contributed by atoms with Crippen molar-refractivity contribution in [2.75, 3.05) is 0 Å². The molecule has 0 saturated heterocycles. The topological polar surface area (TPSA) is 29.5 Å². The number of aliphatic hydroxyl groups is 1. The summed E-state index contributed by atoms with van der Waals surface area (Å²) in [4.78, 5) is 0. The van der Waals surface area contributed by atoms with E-state index >= 15 is 0 Å². The van der Waals surface area contributed by atoms with Crippen LogP contribution >= 0.6 is 15.9 Å². The summed E-state index contributed by atoms with van der Waals surface area (Å²) < 4.78 is 6.68. The number of halogens is 1. The van der Waals surface area contributed by atoms with Gasteiger partial charge in [-0.2, -0.15) is 0 Å². The number of ether oxygens (including phenoxy) is 1. The summed E-state index contributed by atoms with van der Waals surface area (Å²) in [6.45, 7) is 1.58. The zero-order valence-electron chi connectivity index (χ0n) is 10.4. The van der Waals surface area contributed by atoms with Gasteiger partial charge in [0.25, 0.3) is 0 Å². The Morgan fingerprint density at radius 2 is 1.53 bits per heavy atom. The smallest absolute Gasteiger partial charge is 0.147 e. The summed E-state index contributed by atoms with van der Waals surface area (Å²) in [7, 11) is 0. The predicted octanol–water partition coefficient (Wildman–Crippen LogP) is 4.08. The van der Waals surface area contributed by atoms with Crippen LogP contribution in [0.4, 0.5) is 0 Å². The second kappa shape index (κ2) is 5.48. The normalized spacial score (nSPS) is 13.4. The SMILES string of the molecule is C#CC(C)(O)c1ccc(Oc2ccc(Br)cc2)cc1. The molecule has 0 amide bonds. The second-order valence-corrected chi connectivity index (χ2v) is 5.21. The number of rotatable bonds is 3. The molecule has 1 unspecified atom stereocenters. The van der Waals surface area contributed by atoms with Crippen molar-refractivity contribution >= 4 is 15.9 Å². The molecular weight excluding hydrogens is 304 g/mol. The summed E-state index contributed by atoms with van der Waals surface area (Å²) in [6, 6.07) is 14.6. The fraction of sp³-hybridized carbons (Fsp3) is 0.125. The Labute approximate surface area is 121 Å². The average molecular weight is 317 g/mol. The summed E-state index contributed by atoms with van der Waals surface area (Å²) in [5, 5.41) is 9.92. The van der Waals surface area contributed by atoms with Crippen LogP contribution in [0.2, 0.25) is 0 Å². The lowest BCUT2D eigenvalue weighted by Gasteiger charge is -2.17. The van der Waals surface area contributed by atoms with E-state index in [2.05, 4.69) is 21.9 Å². The maximum atomic E-state index is 9.92. The Balaban J connectivity index is 2.16. The second-order valence-electron chi connectivity index (χ2n) is 4.30. The highest BCUT2D eigenvalue weighted by molar-refractivity contribution is 9.10. The van der Waals surface area contributed by atoms with E-state index in [1.165, 1.54) is 0 Å². The third kappa shape index (κ3) is 3.37. The first-order chi connectivity index (χ1) is 9.01. The Kier molecular flexibility index (Phi) is 3.94. The van der Waals surface area contributed by atoms with Crippen molar-refractivity contribution in [3.05, 3.63) is 58.6 Å². The Hall–Kier alpha value is -1.76. The largest absolute Gasteiger partial charge is 0.457 e. The zero-order valence-corrected chi connectivity index (χ0v) is 12.0. The minimum absolute atomic E-state index is 0.665. The van der Waals surface area contributed by atoms with E-state index in [0.29, 0.717) is 11.3 Å². The van der Waals surface area contributed by atoms with Crippen molar-refractivity contribution < 1.29 is 9.84 Å². The van der Waals surface area contributed by atoms with Gasteiger partial charge in [-0.25, -0.2) is 0 Å². The van der Waals surface area contributed by atoms with Gasteiger partial charge < -0.3 is 9.84 Å². The fourth-order valence-electron chi connectivity index (χ4n) is 1.57. The van der Waals surface area contributed by atoms with E-state index in [0.717, 1.165) is 10.2 Å². The molecule has 0 aliphatic carbocycles. The summed E-state index contributed by atoms with van der Waals surface area (Å²) in [5.74, 6) is 3.79. The van der Waals surface area contributed by atoms with Crippen LogP contribution in [0.3, 0.4) is 0 Å². The maximum Gasteiger partial charge on any atom is 0.147 e. The highest BCUT2D eigenvalue weighted by Crippen LogP contribution is 2.26. The molecule has 1 atom stereocenters. The summed E-state index contributed by atoms with van der Waals surface area (Å²) in [6.07, 6.45) is 5.28. The Morgan fingerprint density at radius 1 is 1.05 bits per heavy atom. The van der Waals surface area contributed by atoms with Gasteiger partial charge in [0.05, 0.1) is 0 Å². The molecule has 2 rings (SSSR count). The minimum atomic E-state index is -1.25. The average Bonchev–Trinajstić information content (AvgIpc) is 2.42. The van der Waals surface area contributed by atoms with E-state index in [1.807, 2.05) is 24.3 Å². The standard InChI is InChI=1S/C16H13BrO2/c1-3-16(2,18)12-4-8-14(9-5-12)19-15-10-6-13(17)7-11-15/h1,4-11,18H,2H3. The molecule has 0 aliphatic rings. The van der Waals surface area contributed by atoms with Gasteiger partial charge in [-0.05, 0) is 48.9 Å². The molecule has 0 radical (unpaired) electrons. The maximum absolute atomic E-state index is 9.92. The van der Waals surface area contributed by atoms with Crippen LogP contribution in [0.25, 0.3) is 0 Å². The summed E-state index contributed by atoms with van der Waals surface area (Å²) >= 11 is 3.37. The zero-order chi connectivity index (χ0) is 13.9. The van der Waals surface area contributed by atoms with Crippen LogP contribution in [-0.4, -0.2) is 5.11 Å². The van der Waals surface area contributed by atoms with E-state index in [4.69, 9.17) is 11.2 Å². The van der Waals surface area contributed by atoms with Gasteiger partial charge in [-0.3, -0.25) is 0 Å². The monoisotopic (exact) mass is 316 g/mol. The molecule has 2 aromatic carbocycles. The van der Waals surface area contributed by atoms with Crippen LogP contribution < -0.4 is 4.74 Å². The van der Waals surface area contributed by atoms with Gasteiger partial charge in [0, 0.05) is 4.47 Å². The molecule has 0 bridgehead atoms. The third-order valence-corrected chi connectivity index (χ3v) is 3.28. The van der Waals surface area contributed by atoms with Gasteiger partial charge in [0.15, 0.2) is 0 Å². The van der Waals surface area contributed by atoms with Gasteiger partial charge >= 0.3 is 0 Å².